The normalized spacial score (nSPS) is 17.0. The maximum atomic E-state index is 12.2. The van der Waals surface area contributed by atoms with Crippen LogP contribution < -0.4 is 0 Å². The zero-order chi connectivity index (χ0) is 11.9. The molecule has 7 heteroatoms. The zero-order valence-electron chi connectivity index (χ0n) is 9.22. The monoisotopic (exact) mass is 263 g/mol. The fourth-order valence-corrected chi connectivity index (χ4v) is 3.75. The molecule has 0 saturated heterocycles. The number of imidazole rings is 1. The number of rotatable bonds is 4. The summed E-state index contributed by atoms with van der Waals surface area (Å²) in [7, 11) is -1.86. The highest BCUT2D eigenvalue weighted by molar-refractivity contribution is 7.89. The van der Waals surface area contributed by atoms with Crippen LogP contribution in [-0.2, 0) is 17.1 Å². The van der Waals surface area contributed by atoms with Crippen LogP contribution in [0.3, 0.4) is 0 Å². The summed E-state index contributed by atoms with van der Waals surface area (Å²) in [6, 6.07) is 0.132. The molecule has 5 nitrogen and oxygen atoms in total. The Labute approximate surface area is 100 Å². The maximum absolute atomic E-state index is 12.2. The van der Waals surface area contributed by atoms with Gasteiger partial charge in [-0.05, 0) is 12.8 Å². The maximum Gasteiger partial charge on any atom is 0.263 e. The van der Waals surface area contributed by atoms with Crippen molar-refractivity contribution in [2.24, 2.45) is 7.05 Å². The van der Waals surface area contributed by atoms with Gasteiger partial charge in [0.25, 0.3) is 10.0 Å². The molecule has 1 heterocycles. The molecule has 0 N–H and O–H groups in total. The average molecular weight is 264 g/mol. The number of nitrogens with zero attached hydrogens (tertiary/aromatic N) is 3. The van der Waals surface area contributed by atoms with Gasteiger partial charge in [0.2, 0.25) is 5.03 Å². The lowest BCUT2D eigenvalue weighted by Crippen LogP contribution is -2.33. The first-order chi connectivity index (χ1) is 7.48. The molecule has 0 radical (unpaired) electrons. The van der Waals surface area contributed by atoms with Crippen molar-refractivity contribution in [3.8, 4) is 0 Å². The van der Waals surface area contributed by atoms with Gasteiger partial charge in [0.05, 0.1) is 6.33 Å². The molecule has 0 atom stereocenters. The van der Waals surface area contributed by atoms with Gasteiger partial charge < -0.3 is 4.57 Å². The topological polar surface area (TPSA) is 55.2 Å². The van der Waals surface area contributed by atoms with Gasteiger partial charge in [-0.3, -0.25) is 0 Å². The van der Waals surface area contributed by atoms with Crippen LogP contribution in [0.5, 0.6) is 0 Å². The molecule has 1 fully saturated rings. The largest absolute Gasteiger partial charge is 0.324 e. The van der Waals surface area contributed by atoms with Crippen molar-refractivity contribution in [2.45, 2.75) is 30.8 Å². The van der Waals surface area contributed by atoms with Crippen LogP contribution in [0, 0.1) is 0 Å². The number of halogens is 1. The molecule has 0 amide bonds. The second-order valence-electron chi connectivity index (χ2n) is 3.89. The van der Waals surface area contributed by atoms with Crippen molar-refractivity contribution in [3.63, 3.8) is 0 Å². The van der Waals surface area contributed by atoms with E-state index in [0.717, 1.165) is 12.8 Å². The molecule has 2 rings (SSSR count). The first kappa shape index (κ1) is 11.9. The number of aryl methyl sites for hydroxylation is 1. The third kappa shape index (κ3) is 1.85. The van der Waals surface area contributed by atoms with Gasteiger partial charge in [-0.1, -0.05) is 18.5 Å². The van der Waals surface area contributed by atoms with Crippen molar-refractivity contribution in [3.05, 3.63) is 11.5 Å². The Kier molecular flexibility index (Phi) is 2.98. The lowest BCUT2D eigenvalue weighted by molar-refractivity contribution is 0.419. The number of sulfonamides is 1. The van der Waals surface area contributed by atoms with Gasteiger partial charge in [-0.2, -0.15) is 4.31 Å². The van der Waals surface area contributed by atoms with Crippen LogP contribution >= 0.6 is 11.6 Å². The minimum Gasteiger partial charge on any atom is -0.324 e. The Hall–Kier alpha value is -0.590. The molecule has 0 bridgehead atoms. The number of hydrogen-bond donors (Lipinski definition) is 0. The lowest BCUT2D eigenvalue weighted by atomic mass is 10.6. The standard InChI is InChI=1S/C9H14ClN3O2S/c1-3-13(7-4-5-7)16(14,15)9-8(10)12(2)6-11-9/h6-7H,3-5H2,1-2H3. The van der Waals surface area contributed by atoms with E-state index in [9.17, 15) is 8.42 Å². The molecular formula is C9H14ClN3O2S. The van der Waals surface area contributed by atoms with E-state index in [1.807, 2.05) is 6.92 Å². The van der Waals surface area contributed by atoms with Crippen molar-refractivity contribution < 1.29 is 8.42 Å². The predicted molar refractivity (Wildman–Crippen MR) is 60.8 cm³/mol. The highest BCUT2D eigenvalue weighted by Gasteiger charge is 2.39. The number of hydrogen-bond acceptors (Lipinski definition) is 3. The fourth-order valence-electron chi connectivity index (χ4n) is 1.66. The van der Waals surface area contributed by atoms with E-state index < -0.39 is 10.0 Å². The molecule has 16 heavy (non-hydrogen) atoms. The summed E-state index contributed by atoms with van der Waals surface area (Å²) < 4.78 is 27.5. The smallest absolute Gasteiger partial charge is 0.263 e. The van der Waals surface area contributed by atoms with Gasteiger partial charge in [-0.15, -0.1) is 0 Å². The third-order valence-electron chi connectivity index (χ3n) is 2.65. The summed E-state index contributed by atoms with van der Waals surface area (Å²) >= 11 is 5.91. The summed E-state index contributed by atoms with van der Waals surface area (Å²) in [6.07, 6.45) is 3.27. The van der Waals surface area contributed by atoms with Gasteiger partial charge in [-0.25, -0.2) is 13.4 Å². The summed E-state index contributed by atoms with van der Waals surface area (Å²) in [4.78, 5) is 3.87. The van der Waals surface area contributed by atoms with Crippen molar-refractivity contribution in [1.82, 2.24) is 13.9 Å². The lowest BCUT2D eigenvalue weighted by Gasteiger charge is -2.18. The molecule has 90 valence electrons. The van der Waals surface area contributed by atoms with Gasteiger partial charge >= 0.3 is 0 Å². The van der Waals surface area contributed by atoms with E-state index in [4.69, 9.17) is 11.6 Å². The highest BCUT2D eigenvalue weighted by Crippen LogP contribution is 2.33. The second-order valence-corrected chi connectivity index (χ2v) is 6.05. The average Bonchev–Trinajstić information content (AvgIpc) is 2.96. The SMILES string of the molecule is CCN(C1CC1)S(=O)(=O)c1ncn(C)c1Cl. The molecule has 0 aliphatic heterocycles. The van der Waals surface area contributed by atoms with Gasteiger partial charge in [0.15, 0.2) is 0 Å². The first-order valence-corrected chi connectivity index (χ1v) is 6.99. The van der Waals surface area contributed by atoms with Crippen LogP contribution in [0.1, 0.15) is 19.8 Å². The summed E-state index contributed by atoms with van der Waals surface area (Å²) in [5.41, 5.74) is 0. The molecule has 1 aromatic heterocycles. The van der Waals surface area contributed by atoms with Crippen LogP contribution in [0.25, 0.3) is 0 Å². The van der Waals surface area contributed by atoms with Crippen LogP contribution in [0.15, 0.2) is 11.4 Å². The summed E-state index contributed by atoms with van der Waals surface area (Å²) in [5.74, 6) is 0. The van der Waals surface area contributed by atoms with E-state index >= 15 is 0 Å². The van der Waals surface area contributed by atoms with Crippen LogP contribution in [-0.4, -0.2) is 34.9 Å². The van der Waals surface area contributed by atoms with E-state index in [-0.39, 0.29) is 16.2 Å². The quantitative estimate of drug-likeness (QED) is 0.822. The van der Waals surface area contributed by atoms with Crippen molar-refractivity contribution >= 4 is 21.6 Å². The Morgan fingerprint density at radius 1 is 1.62 bits per heavy atom. The van der Waals surface area contributed by atoms with Gasteiger partial charge in [0.1, 0.15) is 5.15 Å². The van der Waals surface area contributed by atoms with E-state index in [0.29, 0.717) is 6.54 Å². The Morgan fingerprint density at radius 2 is 2.25 bits per heavy atom. The highest BCUT2D eigenvalue weighted by atomic mass is 35.5. The number of aromatic nitrogens is 2. The van der Waals surface area contributed by atoms with E-state index in [1.165, 1.54) is 15.2 Å². The molecule has 0 aromatic carbocycles. The van der Waals surface area contributed by atoms with Crippen molar-refractivity contribution in [2.75, 3.05) is 6.54 Å². The van der Waals surface area contributed by atoms with Gasteiger partial charge in [0, 0.05) is 19.6 Å². The minimum absolute atomic E-state index is 0.0367. The molecule has 1 aliphatic rings. The van der Waals surface area contributed by atoms with Crippen LogP contribution in [0.4, 0.5) is 0 Å². The van der Waals surface area contributed by atoms with Crippen molar-refractivity contribution in [1.29, 1.82) is 0 Å². The zero-order valence-corrected chi connectivity index (χ0v) is 10.8. The molecule has 0 spiro atoms. The molecule has 1 saturated carbocycles. The molecule has 1 aromatic rings. The fraction of sp³-hybridized carbons (Fsp3) is 0.667. The summed E-state index contributed by atoms with van der Waals surface area (Å²) in [5, 5.41) is 0.129. The van der Waals surface area contributed by atoms with E-state index in [2.05, 4.69) is 4.98 Å². The van der Waals surface area contributed by atoms with E-state index in [1.54, 1.807) is 7.05 Å². The minimum atomic E-state index is -3.53. The first-order valence-electron chi connectivity index (χ1n) is 5.17. The second kappa shape index (κ2) is 4.01. The Morgan fingerprint density at radius 3 is 2.62 bits per heavy atom. The predicted octanol–water partition coefficient (Wildman–Crippen LogP) is 1.25. The molecule has 1 aliphatic carbocycles. The third-order valence-corrected chi connectivity index (χ3v) is 5.17. The molecule has 0 unspecified atom stereocenters. The Balaban J connectivity index is 2.41. The summed E-state index contributed by atoms with van der Waals surface area (Å²) in [6.45, 7) is 2.28. The van der Waals surface area contributed by atoms with Crippen LogP contribution in [0.2, 0.25) is 5.15 Å². The Bertz CT molecular complexity index is 493. The molecular weight excluding hydrogens is 250 g/mol.